The number of para-hydroxylation sites is 1. The minimum atomic E-state index is -3.19. The van der Waals surface area contributed by atoms with Crippen LogP contribution in [0.5, 0.6) is 0 Å². The van der Waals surface area contributed by atoms with Crippen molar-refractivity contribution in [3.05, 3.63) is 48.5 Å². The van der Waals surface area contributed by atoms with Crippen LogP contribution in [-0.2, 0) is 9.84 Å². The lowest BCUT2D eigenvalue weighted by molar-refractivity contribution is 0.602. The Balaban J connectivity index is 2.37. The summed E-state index contributed by atoms with van der Waals surface area (Å²) in [6.45, 7) is 0. The Bertz CT molecular complexity index is 854. The molecule has 0 atom stereocenters. The molecule has 3 rings (SSSR count). The molecule has 0 aliphatic carbocycles. The van der Waals surface area contributed by atoms with Crippen LogP contribution in [0.3, 0.4) is 0 Å². The van der Waals surface area contributed by atoms with Crippen LogP contribution in [0.4, 0.5) is 0 Å². The second kappa shape index (κ2) is 3.78. The molecule has 0 aliphatic heterocycles. The van der Waals surface area contributed by atoms with Crippen molar-refractivity contribution in [2.75, 3.05) is 6.26 Å². The molecule has 0 aliphatic rings. The zero-order valence-electron chi connectivity index (χ0n) is 9.79. The third-order valence-electron chi connectivity index (χ3n) is 2.92. The molecule has 0 radical (unpaired) electrons. The number of pyridine rings is 1. The van der Waals surface area contributed by atoms with Crippen LogP contribution in [0.1, 0.15) is 0 Å². The summed E-state index contributed by atoms with van der Waals surface area (Å²) in [4.78, 5) is 4.79. The van der Waals surface area contributed by atoms with Crippen molar-refractivity contribution >= 4 is 31.6 Å². The van der Waals surface area contributed by atoms with Crippen molar-refractivity contribution < 1.29 is 8.42 Å². The molecule has 3 aromatic rings. The summed E-state index contributed by atoms with van der Waals surface area (Å²) in [6.07, 6.45) is 1.20. The lowest BCUT2D eigenvalue weighted by Crippen LogP contribution is -1.96. The van der Waals surface area contributed by atoms with E-state index in [0.29, 0.717) is 10.4 Å². The minimum Gasteiger partial charge on any atom is -0.248 e. The molecule has 2 aromatic carbocycles. The number of hydrogen-bond donors (Lipinski definition) is 0. The lowest BCUT2D eigenvalue weighted by Gasteiger charge is -2.03. The van der Waals surface area contributed by atoms with Crippen molar-refractivity contribution in [1.29, 1.82) is 0 Å². The van der Waals surface area contributed by atoms with Crippen LogP contribution in [-0.4, -0.2) is 19.7 Å². The van der Waals surface area contributed by atoms with E-state index in [0.717, 1.165) is 16.3 Å². The number of fused-ring (bicyclic) bond motifs is 2. The number of benzene rings is 2. The van der Waals surface area contributed by atoms with Crippen LogP contribution >= 0.6 is 0 Å². The van der Waals surface area contributed by atoms with Gasteiger partial charge in [0, 0.05) is 17.0 Å². The van der Waals surface area contributed by atoms with Crippen molar-refractivity contribution in [3.8, 4) is 0 Å². The normalized spacial score (nSPS) is 12.1. The van der Waals surface area contributed by atoms with E-state index in [1.54, 1.807) is 18.2 Å². The molecule has 1 heterocycles. The van der Waals surface area contributed by atoms with E-state index in [-0.39, 0.29) is 0 Å². The molecular formula is C14H11NO2S. The van der Waals surface area contributed by atoms with E-state index >= 15 is 0 Å². The molecule has 90 valence electrons. The number of aromatic nitrogens is 1. The van der Waals surface area contributed by atoms with Gasteiger partial charge in [0.15, 0.2) is 9.84 Å². The zero-order valence-corrected chi connectivity index (χ0v) is 10.6. The molecule has 0 N–H and O–H groups in total. The quantitative estimate of drug-likeness (QED) is 0.630. The van der Waals surface area contributed by atoms with Gasteiger partial charge in [-0.05, 0) is 24.3 Å². The minimum absolute atomic E-state index is 0.304. The molecule has 1 aromatic heterocycles. The van der Waals surface area contributed by atoms with E-state index in [2.05, 4.69) is 4.98 Å². The summed E-state index contributed by atoms with van der Waals surface area (Å²) in [7, 11) is -3.19. The van der Waals surface area contributed by atoms with Gasteiger partial charge < -0.3 is 0 Å². The largest absolute Gasteiger partial charge is 0.248 e. The SMILES string of the molecule is CS(=O)(=O)c1ccc2cc3ccccc3nc2c1. The van der Waals surface area contributed by atoms with Crippen LogP contribution in [0, 0.1) is 0 Å². The fourth-order valence-corrected chi connectivity index (χ4v) is 2.62. The van der Waals surface area contributed by atoms with Gasteiger partial charge in [-0.1, -0.05) is 24.3 Å². The Labute approximate surface area is 105 Å². The van der Waals surface area contributed by atoms with E-state index in [4.69, 9.17) is 0 Å². The molecular weight excluding hydrogens is 246 g/mol. The number of hydrogen-bond acceptors (Lipinski definition) is 3. The van der Waals surface area contributed by atoms with Gasteiger partial charge in [0.2, 0.25) is 0 Å². The van der Waals surface area contributed by atoms with Crippen molar-refractivity contribution in [1.82, 2.24) is 4.98 Å². The van der Waals surface area contributed by atoms with Gasteiger partial charge in [0.25, 0.3) is 0 Å². The monoisotopic (exact) mass is 257 g/mol. The van der Waals surface area contributed by atoms with Gasteiger partial charge in [0.1, 0.15) is 0 Å². The third kappa shape index (κ3) is 1.84. The Morgan fingerprint density at radius 2 is 1.61 bits per heavy atom. The molecule has 0 spiro atoms. The Kier molecular flexibility index (Phi) is 2.35. The van der Waals surface area contributed by atoms with Crippen molar-refractivity contribution in [3.63, 3.8) is 0 Å². The highest BCUT2D eigenvalue weighted by molar-refractivity contribution is 7.90. The Morgan fingerprint density at radius 1 is 0.889 bits per heavy atom. The average molecular weight is 257 g/mol. The van der Waals surface area contributed by atoms with Crippen molar-refractivity contribution in [2.24, 2.45) is 0 Å². The summed E-state index contributed by atoms with van der Waals surface area (Å²) in [5.41, 5.74) is 1.58. The van der Waals surface area contributed by atoms with E-state index in [1.165, 1.54) is 6.26 Å². The molecule has 0 bridgehead atoms. The fourth-order valence-electron chi connectivity index (χ4n) is 1.98. The standard InChI is InChI=1S/C14H11NO2S/c1-18(16,17)12-7-6-11-8-10-4-2-3-5-13(10)15-14(11)9-12/h2-9H,1H3. The van der Waals surface area contributed by atoms with Crippen LogP contribution in [0.25, 0.3) is 21.8 Å². The van der Waals surface area contributed by atoms with Gasteiger partial charge in [0.05, 0.1) is 15.9 Å². The number of nitrogens with zero attached hydrogens (tertiary/aromatic N) is 1. The molecule has 3 nitrogen and oxygen atoms in total. The average Bonchev–Trinajstić information content (AvgIpc) is 2.34. The first kappa shape index (κ1) is 11.2. The molecule has 0 fully saturated rings. The highest BCUT2D eigenvalue weighted by atomic mass is 32.2. The van der Waals surface area contributed by atoms with Gasteiger partial charge in [-0.3, -0.25) is 0 Å². The smallest absolute Gasteiger partial charge is 0.175 e. The Morgan fingerprint density at radius 3 is 2.39 bits per heavy atom. The molecule has 0 amide bonds. The van der Waals surface area contributed by atoms with Gasteiger partial charge in [-0.25, -0.2) is 13.4 Å². The fraction of sp³-hybridized carbons (Fsp3) is 0.0714. The maximum absolute atomic E-state index is 11.5. The molecule has 0 saturated heterocycles. The molecule has 4 heteroatoms. The van der Waals surface area contributed by atoms with Gasteiger partial charge in [-0.15, -0.1) is 0 Å². The lowest BCUT2D eigenvalue weighted by atomic mass is 10.1. The van der Waals surface area contributed by atoms with E-state index in [1.807, 2.05) is 30.3 Å². The highest BCUT2D eigenvalue weighted by Gasteiger charge is 2.08. The third-order valence-corrected chi connectivity index (χ3v) is 4.03. The predicted molar refractivity (Wildman–Crippen MR) is 72.4 cm³/mol. The first-order valence-corrected chi connectivity index (χ1v) is 7.43. The van der Waals surface area contributed by atoms with Gasteiger partial charge >= 0.3 is 0 Å². The summed E-state index contributed by atoms with van der Waals surface area (Å²) in [6, 6.07) is 14.8. The summed E-state index contributed by atoms with van der Waals surface area (Å²) < 4.78 is 23.0. The zero-order chi connectivity index (χ0) is 12.8. The second-order valence-electron chi connectivity index (χ2n) is 4.31. The summed E-state index contributed by atoms with van der Waals surface area (Å²) >= 11 is 0. The molecule has 0 saturated carbocycles. The van der Waals surface area contributed by atoms with Crippen LogP contribution in [0.15, 0.2) is 53.4 Å². The summed E-state index contributed by atoms with van der Waals surface area (Å²) in [5, 5.41) is 2.00. The first-order chi connectivity index (χ1) is 8.54. The second-order valence-corrected chi connectivity index (χ2v) is 6.32. The highest BCUT2D eigenvalue weighted by Crippen LogP contribution is 2.22. The summed E-state index contributed by atoms with van der Waals surface area (Å²) in [5.74, 6) is 0. The maximum atomic E-state index is 11.5. The van der Waals surface area contributed by atoms with Crippen LogP contribution in [0.2, 0.25) is 0 Å². The van der Waals surface area contributed by atoms with Crippen molar-refractivity contribution in [2.45, 2.75) is 4.90 Å². The molecule has 0 unspecified atom stereocenters. The topological polar surface area (TPSA) is 47.0 Å². The van der Waals surface area contributed by atoms with Crippen LogP contribution < -0.4 is 0 Å². The number of rotatable bonds is 1. The maximum Gasteiger partial charge on any atom is 0.175 e. The molecule has 18 heavy (non-hydrogen) atoms. The van der Waals surface area contributed by atoms with E-state index < -0.39 is 9.84 Å². The van der Waals surface area contributed by atoms with E-state index in [9.17, 15) is 8.42 Å². The first-order valence-electron chi connectivity index (χ1n) is 5.54. The number of sulfone groups is 1. The van der Waals surface area contributed by atoms with Gasteiger partial charge in [-0.2, -0.15) is 0 Å². The Hall–Kier alpha value is -1.94. The predicted octanol–water partition coefficient (Wildman–Crippen LogP) is 2.79.